The number of aromatic nitrogens is 4. The highest BCUT2D eigenvalue weighted by Gasteiger charge is 2.10. The summed E-state index contributed by atoms with van der Waals surface area (Å²) in [6, 6.07) is 0. The van der Waals surface area contributed by atoms with Crippen LogP contribution in [0.2, 0.25) is 0 Å². The van der Waals surface area contributed by atoms with Crippen molar-refractivity contribution in [3.05, 3.63) is 39.4 Å². The minimum absolute atomic E-state index is 0.149. The Labute approximate surface area is 126 Å². The van der Waals surface area contributed by atoms with E-state index in [2.05, 4.69) is 9.98 Å². The average molecular weight is 307 g/mol. The van der Waals surface area contributed by atoms with Gasteiger partial charge in [-0.05, 0) is 18.6 Å². The van der Waals surface area contributed by atoms with Crippen molar-refractivity contribution in [2.24, 2.45) is 19.1 Å². The second kappa shape index (κ2) is 6.49. The molecular weight excluding hydrogens is 290 g/mol. The van der Waals surface area contributed by atoms with Crippen molar-refractivity contribution >= 4 is 18.4 Å². The lowest BCUT2D eigenvalue weighted by molar-refractivity contribution is 0.414. The molecule has 8 heteroatoms. The quantitative estimate of drug-likeness (QED) is 0.505. The van der Waals surface area contributed by atoms with Crippen molar-refractivity contribution in [1.82, 2.24) is 18.7 Å². The molecular formula is C13H17N5O2S. The first-order valence-corrected chi connectivity index (χ1v) is 6.87. The molecule has 112 valence electrons. The van der Waals surface area contributed by atoms with Gasteiger partial charge in [0.2, 0.25) is 5.88 Å². The Morgan fingerprint density at radius 2 is 2.19 bits per heavy atom. The minimum atomic E-state index is -0.353. The lowest BCUT2D eigenvalue weighted by atomic mass is 10.3. The zero-order valence-electron chi connectivity index (χ0n) is 11.9. The van der Waals surface area contributed by atoms with Crippen LogP contribution in [0.3, 0.4) is 0 Å². The molecule has 7 nitrogen and oxygen atoms in total. The second-order valence-corrected chi connectivity index (χ2v) is 5.00. The number of hydrogen-bond acceptors (Lipinski definition) is 5. The molecule has 0 saturated heterocycles. The zero-order valence-corrected chi connectivity index (χ0v) is 12.7. The molecule has 1 N–H and O–H groups in total. The number of aromatic hydroxyl groups is 1. The van der Waals surface area contributed by atoms with Gasteiger partial charge in [-0.2, -0.15) is 0 Å². The van der Waals surface area contributed by atoms with E-state index >= 15 is 0 Å². The van der Waals surface area contributed by atoms with E-state index in [-0.39, 0.29) is 21.8 Å². The number of nitrogens with zero attached hydrogens (tertiary/aromatic N) is 5. The maximum Gasteiger partial charge on any atom is 0.266 e. The molecule has 0 aliphatic heterocycles. The Morgan fingerprint density at radius 1 is 1.43 bits per heavy atom. The number of aliphatic imine (C=N–C) groups is 1. The highest BCUT2D eigenvalue weighted by atomic mass is 32.1. The van der Waals surface area contributed by atoms with Gasteiger partial charge in [-0.3, -0.25) is 18.9 Å². The van der Waals surface area contributed by atoms with Gasteiger partial charge in [0, 0.05) is 45.8 Å². The topological polar surface area (TPSA) is 77.3 Å². The highest BCUT2D eigenvalue weighted by Crippen LogP contribution is 2.09. The average Bonchev–Trinajstić information content (AvgIpc) is 2.99. The SMILES string of the molecule is Cn1c(O)c(C=NCCCn2ccnc2)c(=O)n(C)c1=S. The Morgan fingerprint density at radius 3 is 2.86 bits per heavy atom. The first kappa shape index (κ1) is 15.2. The molecule has 0 fully saturated rings. The molecule has 0 aliphatic rings. The van der Waals surface area contributed by atoms with Crippen molar-refractivity contribution in [1.29, 1.82) is 0 Å². The monoisotopic (exact) mass is 307 g/mol. The van der Waals surface area contributed by atoms with Gasteiger partial charge in [-0.25, -0.2) is 4.98 Å². The smallest absolute Gasteiger partial charge is 0.266 e. The van der Waals surface area contributed by atoms with Gasteiger partial charge >= 0.3 is 0 Å². The normalized spacial score (nSPS) is 11.3. The summed E-state index contributed by atoms with van der Waals surface area (Å²) in [7, 11) is 3.17. The van der Waals surface area contributed by atoms with Crippen LogP contribution in [0.1, 0.15) is 12.0 Å². The van der Waals surface area contributed by atoms with Crippen LogP contribution in [0.4, 0.5) is 0 Å². The Balaban J connectivity index is 2.07. The van der Waals surface area contributed by atoms with E-state index in [1.54, 1.807) is 26.6 Å². The van der Waals surface area contributed by atoms with Gasteiger partial charge < -0.3 is 9.67 Å². The second-order valence-electron chi connectivity index (χ2n) is 4.63. The van der Waals surface area contributed by atoms with E-state index < -0.39 is 0 Å². The molecule has 21 heavy (non-hydrogen) atoms. The van der Waals surface area contributed by atoms with Crippen LogP contribution >= 0.6 is 12.2 Å². The maximum atomic E-state index is 12.0. The first-order valence-electron chi connectivity index (χ1n) is 6.47. The lowest BCUT2D eigenvalue weighted by Crippen LogP contribution is -2.25. The summed E-state index contributed by atoms with van der Waals surface area (Å²) in [6.45, 7) is 1.36. The number of aryl methyl sites for hydroxylation is 1. The molecule has 0 unspecified atom stereocenters. The minimum Gasteiger partial charge on any atom is -0.494 e. The maximum absolute atomic E-state index is 12.0. The van der Waals surface area contributed by atoms with Crippen molar-refractivity contribution in [2.45, 2.75) is 13.0 Å². The highest BCUT2D eigenvalue weighted by molar-refractivity contribution is 7.71. The predicted molar refractivity (Wildman–Crippen MR) is 82.5 cm³/mol. The molecule has 0 spiro atoms. The molecule has 0 amide bonds. The van der Waals surface area contributed by atoms with Gasteiger partial charge in [-0.1, -0.05) is 0 Å². The van der Waals surface area contributed by atoms with E-state index in [0.717, 1.165) is 13.0 Å². The van der Waals surface area contributed by atoms with Crippen LogP contribution in [0, 0.1) is 4.77 Å². The molecule has 2 aromatic rings. The summed E-state index contributed by atoms with van der Waals surface area (Å²) in [4.78, 5) is 20.2. The number of hydrogen-bond donors (Lipinski definition) is 1. The molecule has 0 aromatic carbocycles. The Kier molecular flexibility index (Phi) is 4.69. The van der Waals surface area contributed by atoms with Gasteiger partial charge in [0.1, 0.15) is 5.56 Å². The number of rotatable bonds is 5. The molecule has 0 atom stereocenters. The fourth-order valence-electron chi connectivity index (χ4n) is 1.89. The summed E-state index contributed by atoms with van der Waals surface area (Å²) >= 11 is 5.04. The standard InChI is InChI=1S/C13H17N5O2S/c1-16-11(19)10(12(20)17(2)13(16)21)8-14-4-3-6-18-7-5-15-9-18/h5,7-9,19H,3-4,6H2,1-2H3. The Hall–Kier alpha value is -2.22. The van der Waals surface area contributed by atoms with Crippen LogP contribution in [0.15, 0.2) is 28.5 Å². The Bertz CT molecular complexity index is 758. The summed E-state index contributed by atoms with van der Waals surface area (Å²) < 4.78 is 4.90. The largest absolute Gasteiger partial charge is 0.494 e. The summed E-state index contributed by atoms with van der Waals surface area (Å²) in [6.07, 6.45) is 7.57. The lowest BCUT2D eigenvalue weighted by Gasteiger charge is -2.09. The number of imidazole rings is 1. The fourth-order valence-corrected chi connectivity index (χ4v) is 2.06. The molecule has 2 heterocycles. The molecule has 2 aromatic heterocycles. The molecule has 2 rings (SSSR count). The van der Waals surface area contributed by atoms with Gasteiger partial charge in [0.05, 0.1) is 6.33 Å². The first-order chi connectivity index (χ1) is 10.0. The summed E-state index contributed by atoms with van der Waals surface area (Å²) in [5, 5.41) is 9.97. The van der Waals surface area contributed by atoms with Crippen LogP contribution in [-0.2, 0) is 20.6 Å². The van der Waals surface area contributed by atoms with Crippen LogP contribution in [0.25, 0.3) is 0 Å². The van der Waals surface area contributed by atoms with Crippen LogP contribution in [-0.4, -0.2) is 36.6 Å². The fraction of sp³-hybridized carbons (Fsp3) is 0.385. The van der Waals surface area contributed by atoms with E-state index in [1.807, 2.05) is 10.8 Å². The molecule has 0 aliphatic carbocycles. The van der Waals surface area contributed by atoms with Gasteiger partial charge in [-0.15, -0.1) is 0 Å². The molecule has 0 bridgehead atoms. The summed E-state index contributed by atoms with van der Waals surface area (Å²) in [5.74, 6) is -0.165. The predicted octanol–water partition coefficient (Wildman–Crippen LogP) is 0.865. The van der Waals surface area contributed by atoms with E-state index in [4.69, 9.17) is 12.2 Å². The van der Waals surface area contributed by atoms with Gasteiger partial charge in [0.15, 0.2) is 4.77 Å². The van der Waals surface area contributed by atoms with Crippen LogP contribution in [0.5, 0.6) is 5.88 Å². The van der Waals surface area contributed by atoms with E-state index in [0.29, 0.717) is 6.54 Å². The van der Waals surface area contributed by atoms with E-state index in [9.17, 15) is 9.90 Å². The van der Waals surface area contributed by atoms with Gasteiger partial charge in [0.25, 0.3) is 5.56 Å². The van der Waals surface area contributed by atoms with Crippen LogP contribution < -0.4 is 5.56 Å². The van der Waals surface area contributed by atoms with E-state index in [1.165, 1.54) is 15.3 Å². The third-order valence-corrected chi connectivity index (χ3v) is 3.70. The molecule has 0 saturated carbocycles. The third-order valence-electron chi connectivity index (χ3n) is 3.15. The van der Waals surface area contributed by atoms with Crippen molar-refractivity contribution < 1.29 is 5.11 Å². The molecule has 0 radical (unpaired) electrons. The summed E-state index contributed by atoms with van der Waals surface area (Å²) in [5.41, 5.74) is -0.204. The zero-order chi connectivity index (χ0) is 15.4. The van der Waals surface area contributed by atoms with Crippen molar-refractivity contribution in [2.75, 3.05) is 6.54 Å². The van der Waals surface area contributed by atoms with Crippen molar-refractivity contribution in [3.8, 4) is 5.88 Å². The third kappa shape index (κ3) is 3.27. The van der Waals surface area contributed by atoms with Crippen molar-refractivity contribution in [3.63, 3.8) is 0 Å².